The summed E-state index contributed by atoms with van der Waals surface area (Å²) in [7, 11) is 0. The Hall–Kier alpha value is -1.02. The van der Waals surface area contributed by atoms with E-state index in [-0.39, 0.29) is 0 Å². The minimum atomic E-state index is 1.11. The van der Waals surface area contributed by atoms with Crippen molar-refractivity contribution in [3.63, 3.8) is 0 Å². The molecule has 0 radical (unpaired) electrons. The van der Waals surface area contributed by atoms with Crippen LogP contribution in [0.1, 0.15) is 0 Å². The van der Waals surface area contributed by atoms with Crippen LogP contribution < -0.4 is 0 Å². The standard InChI is InChI=1S/C10H8BrN/c11-9-6-7-12-10(9)8-4-2-1-3-5-8/h1-7,12H. The maximum atomic E-state index is 3.47. The van der Waals surface area contributed by atoms with Gasteiger partial charge < -0.3 is 4.98 Å². The number of rotatable bonds is 1. The molecule has 1 aromatic heterocycles. The maximum absolute atomic E-state index is 3.47. The van der Waals surface area contributed by atoms with Crippen molar-refractivity contribution in [2.24, 2.45) is 0 Å². The zero-order valence-electron chi connectivity index (χ0n) is 6.42. The van der Waals surface area contributed by atoms with Crippen molar-refractivity contribution in [2.75, 3.05) is 0 Å². The number of aromatic amines is 1. The van der Waals surface area contributed by atoms with Crippen LogP contribution in [-0.4, -0.2) is 4.98 Å². The lowest BCUT2D eigenvalue weighted by Crippen LogP contribution is -1.75. The highest BCUT2D eigenvalue weighted by Gasteiger charge is 2.01. The molecule has 1 nitrogen and oxygen atoms in total. The number of benzene rings is 1. The van der Waals surface area contributed by atoms with Gasteiger partial charge in [0.25, 0.3) is 0 Å². The largest absolute Gasteiger partial charge is 0.360 e. The second-order valence-corrected chi connectivity index (χ2v) is 3.42. The van der Waals surface area contributed by atoms with Gasteiger partial charge in [0, 0.05) is 10.7 Å². The summed E-state index contributed by atoms with van der Waals surface area (Å²) < 4.78 is 1.11. The normalized spacial score (nSPS) is 10.1. The fraction of sp³-hybridized carbons (Fsp3) is 0. The van der Waals surface area contributed by atoms with Gasteiger partial charge in [0.2, 0.25) is 0 Å². The van der Waals surface area contributed by atoms with Crippen molar-refractivity contribution >= 4 is 15.9 Å². The van der Waals surface area contributed by atoms with Gasteiger partial charge in [-0.1, -0.05) is 30.3 Å². The van der Waals surface area contributed by atoms with Gasteiger partial charge in [-0.2, -0.15) is 0 Å². The number of H-pyrrole nitrogens is 1. The molecule has 0 aliphatic heterocycles. The molecule has 1 N–H and O–H groups in total. The van der Waals surface area contributed by atoms with E-state index in [0.29, 0.717) is 0 Å². The van der Waals surface area contributed by atoms with E-state index < -0.39 is 0 Å². The number of hydrogen-bond donors (Lipinski definition) is 1. The first-order chi connectivity index (χ1) is 5.88. The summed E-state index contributed by atoms with van der Waals surface area (Å²) in [5, 5.41) is 0. The van der Waals surface area contributed by atoms with Crippen molar-refractivity contribution in [1.29, 1.82) is 0 Å². The van der Waals surface area contributed by atoms with Gasteiger partial charge in [-0.3, -0.25) is 0 Å². The number of hydrogen-bond acceptors (Lipinski definition) is 0. The molecule has 2 heteroatoms. The molecule has 0 aliphatic carbocycles. The topological polar surface area (TPSA) is 15.8 Å². The molecule has 60 valence electrons. The Bertz CT molecular complexity index is 364. The third kappa shape index (κ3) is 1.30. The van der Waals surface area contributed by atoms with Crippen LogP contribution in [0.25, 0.3) is 11.3 Å². The Labute approximate surface area is 79.6 Å². The molecule has 12 heavy (non-hydrogen) atoms. The second-order valence-electron chi connectivity index (χ2n) is 2.57. The molecule has 0 spiro atoms. The number of aromatic nitrogens is 1. The van der Waals surface area contributed by atoms with Crippen LogP contribution >= 0.6 is 15.9 Å². The first kappa shape index (κ1) is 7.62. The minimum Gasteiger partial charge on any atom is -0.360 e. The van der Waals surface area contributed by atoms with E-state index in [1.807, 2.05) is 30.5 Å². The summed E-state index contributed by atoms with van der Waals surface area (Å²) in [5.74, 6) is 0. The van der Waals surface area contributed by atoms with Crippen LogP contribution in [0.5, 0.6) is 0 Å². The lowest BCUT2D eigenvalue weighted by atomic mass is 10.2. The first-order valence-corrected chi connectivity index (χ1v) is 4.55. The summed E-state index contributed by atoms with van der Waals surface area (Å²) in [4.78, 5) is 3.17. The van der Waals surface area contributed by atoms with Crippen molar-refractivity contribution in [3.8, 4) is 11.3 Å². The fourth-order valence-corrected chi connectivity index (χ4v) is 1.65. The fourth-order valence-electron chi connectivity index (χ4n) is 1.18. The monoisotopic (exact) mass is 221 g/mol. The Morgan fingerprint density at radius 2 is 1.75 bits per heavy atom. The summed E-state index contributed by atoms with van der Waals surface area (Å²) >= 11 is 3.47. The van der Waals surface area contributed by atoms with Gasteiger partial charge in [0.05, 0.1) is 5.69 Å². The smallest absolute Gasteiger partial charge is 0.0598 e. The van der Waals surface area contributed by atoms with Gasteiger partial charge in [-0.25, -0.2) is 0 Å². The molecular weight excluding hydrogens is 214 g/mol. The van der Waals surface area contributed by atoms with Gasteiger partial charge in [0.15, 0.2) is 0 Å². The molecule has 0 fully saturated rings. The van der Waals surface area contributed by atoms with Crippen molar-refractivity contribution in [3.05, 3.63) is 47.1 Å². The van der Waals surface area contributed by atoms with E-state index in [1.165, 1.54) is 5.56 Å². The zero-order valence-corrected chi connectivity index (χ0v) is 8.01. The molecule has 0 aliphatic rings. The number of halogens is 1. The van der Waals surface area contributed by atoms with E-state index >= 15 is 0 Å². The lowest BCUT2D eigenvalue weighted by molar-refractivity contribution is 1.40. The van der Waals surface area contributed by atoms with Gasteiger partial charge in [0.1, 0.15) is 0 Å². The Balaban J connectivity index is 2.51. The van der Waals surface area contributed by atoms with Crippen LogP contribution in [0.3, 0.4) is 0 Å². The highest BCUT2D eigenvalue weighted by molar-refractivity contribution is 9.10. The molecule has 0 saturated heterocycles. The van der Waals surface area contributed by atoms with Crippen molar-refractivity contribution < 1.29 is 0 Å². The van der Waals surface area contributed by atoms with Crippen LogP contribution in [0.15, 0.2) is 47.1 Å². The third-order valence-corrected chi connectivity index (χ3v) is 2.42. The summed E-state index contributed by atoms with van der Waals surface area (Å²) in [6, 6.07) is 12.2. The predicted octanol–water partition coefficient (Wildman–Crippen LogP) is 3.44. The highest BCUT2D eigenvalue weighted by atomic mass is 79.9. The molecule has 1 aromatic carbocycles. The molecule has 0 saturated carbocycles. The molecule has 2 aromatic rings. The van der Waals surface area contributed by atoms with E-state index in [4.69, 9.17) is 0 Å². The predicted molar refractivity (Wildman–Crippen MR) is 53.9 cm³/mol. The average Bonchev–Trinajstić information content (AvgIpc) is 2.53. The maximum Gasteiger partial charge on any atom is 0.0598 e. The molecule has 0 amide bonds. The Morgan fingerprint density at radius 3 is 2.33 bits per heavy atom. The van der Waals surface area contributed by atoms with E-state index in [9.17, 15) is 0 Å². The molecular formula is C10H8BrN. The average molecular weight is 222 g/mol. The minimum absolute atomic E-state index is 1.11. The molecule has 2 rings (SSSR count). The Morgan fingerprint density at radius 1 is 1.00 bits per heavy atom. The first-order valence-electron chi connectivity index (χ1n) is 3.76. The second kappa shape index (κ2) is 3.15. The lowest BCUT2D eigenvalue weighted by Gasteiger charge is -1.97. The highest BCUT2D eigenvalue weighted by Crippen LogP contribution is 2.25. The molecule has 0 atom stereocenters. The van der Waals surface area contributed by atoms with Crippen molar-refractivity contribution in [1.82, 2.24) is 4.98 Å². The zero-order chi connectivity index (χ0) is 8.39. The molecule has 0 unspecified atom stereocenters. The molecule has 1 heterocycles. The van der Waals surface area contributed by atoms with E-state index in [2.05, 4.69) is 33.0 Å². The summed E-state index contributed by atoms with van der Waals surface area (Å²) in [5.41, 5.74) is 2.34. The van der Waals surface area contributed by atoms with Crippen LogP contribution in [0.4, 0.5) is 0 Å². The van der Waals surface area contributed by atoms with Gasteiger partial charge in [-0.15, -0.1) is 0 Å². The van der Waals surface area contributed by atoms with Gasteiger partial charge in [-0.05, 0) is 27.6 Å². The molecule has 0 bridgehead atoms. The van der Waals surface area contributed by atoms with Crippen LogP contribution in [0, 0.1) is 0 Å². The van der Waals surface area contributed by atoms with Crippen molar-refractivity contribution in [2.45, 2.75) is 0 Å². The van der Waals surface area contributed by atoms with E-state index in [0.717, 1.165) is 10.2 Å². The quantitative estimate of drug-likeness (QED) is 0.760. The van der Waals surface area contributed by atoms with Crippen LogP contribution in [0.2, 0.25) is 0 Å². The SMILES string of the molecule is Brc1cc[nH]c1-c1ccccc1. The third-order valence-electron chi connectivity index (χ3n) is 1.76. The van der Waals surface area contributed by atoms with Gasteiger partial charge >= 0.3 is 0 Å². The van der Waals surface area contributed by atoms with Crippen LogP contribution in [-0.2, 0) is 0 Å². The van der Waals surface area contributed by atoms with E-state index in [1.54, 1.807) is 0 Å². The number of nitrogens with one attached hydrogen (secondary N) is 1. The Kier molecular flexibility index (Phi) is 2.00. The summed E-state index contributed by atoms with van der Waals surface area (Å²) in [6.45, 7) is 0. The summed E-state index contributed by atoms with van der Waals surface area (Å²) in [6.07, 6.45) is 1.92.